The van der Waals surface area contributed by atoms with E-state index in [1.807, 2.05) is 0 Å². The molecule has 0 fully saturated rings. The van der Waals surface area contributed by atoms with Gasteiger partial charge in [-0.05, 0) is 0 Å². The average molecular weight is 508 g/mol. The number of rotatable bonds is 4. The van der Waals surface area contributed by atoms with Gasteiger partial charge >= 0.3 is 194 Å². The molecule has 0 aromatic carbocycles. The van der Waals surface area contributed by atoms with Crippen LogP contribution in [0.15, 0.2) is 0 Å². The van der Waals surface area contributed by atoms with Crippen LogP contribution in [0.1, 0.15) is 55.4 Å². The number of amides is 8. The van der Waals surface area contributed by atoms with Gasteiger partial charge in [-0.15, -0.1) is 0 Å². The van der Waals surface area contributed by atoms with Crippen molar-refractivity contribution in [1.29, 1.82) is 0 Å². The first-order chi connectivity index (χ1) is 15.0. The van der Waals surface area contributed by atoms with E-state index >= 15 is 0 Å². The van der Waals surface area contributed by atoms with Crippen LogP contribution in [0.5, 0.6) is 0 Å². The zero-order chi connectivity index (χ0) is 26.3. The fraction of sp³-hybridized carbons (Fsp3) is 0.500. The Morgan fingerprint density at radius 1 is 0.394 bits per heavy atom. The van der Waals surface area contributed by atoms with Crippen molar-refractivity contribution in [3.8, 4) is 0 Å². The summed E-state index contributed by atoms with van der Waals surface area (Å²) in [6.07, 6.45) is 0. The van der Waals surface area contributed by atoms with Crippen LogP contribution in [0.25, 0.3) is 0 Å². The molecular formula is C16H28N8O8Ti. The van der Waals surface area contributed by atoms with E-state index in [1.54, 1.807) is 0 Å². The molecule has 0 rings (SSSR count). The van der Waals surface area contributed by atoms with Gasteiger partial charge in [-0.2, -0.15) is 0 Å². The van der Waals surface area contributed by atoms with E-state index < -0.39 is 64.9 Å². The van der Waals surface area contributed by atoms with Crippen molar-refractivity contribution in [2.75, 3.05) is 0 Å². The first kappa shape index (κ1) is 29.5. The average Bonchev–Trinajstić information content (AvgIpc) is 2.62. The fourth-order valence-electron chi connectivity index (χ4n) is 2.69. The van der Waals surface area contributed by atoms with Crippen molar-refractivity contribution in [2.24, 2.45) is 0 Å². The molecule has 0 saturated carbocycles. The van der Waals surface area contributed by atoms with Gasteiger partial charge in [-0.3, -0.25) is 0 Å². The standard InChI is InChI=1S/4C4H8N2O2.Ti/c4*1-3(7)5-6-4(2)8;/h4*1-2H3,(H2,5,6,7,8);/q;;;;+4/p-4. The Bertz CT molecular complexity index is 737. The first-order valence-corrected chi connectivity index (χ1v) is 12.1. The van der Waals surface area contributed by atoms with Crippen molar-refractivity contribution in [3.05, 3.63) is 0 Å². The summed E-state index contributed by atoms with van der Waals surface area (Å²) in [5, 5.41) is 0. The third kappa shape index (κ3) is 7.25. The van der Waals surface area contributed by atoms with Crippen molar-refractivity contribution in [1.82, 2.24) is 35.7 Å². The number of hydrogen-bond acceptors (Lipinski definition) is 8. The van der Waals surface area contributed by atoms with E-state index in [0.717, 1.165) is 55.4 Å². The molecule has 0 spiro atoms. The molecule has 0 aliphatic rings. The molecule has 0 atom stereocenters. The zero-order valence-corrected chi connectivity index (χ0v) is 21.1. The van der Waals surface area contributed by atoms with E-state index in [4.69, 9.17) is 0 Å². The molecule has 0 aliphatic heterocycles. The maximum atomic E-state index is 12.8. The van der Waals surface area contributed by atoms with E-state index in [9.17, 15) is 38.4 Å². The minimum absolute atomic E-state index is 0.494. The first-order valence-electron chi connectivity index (χ1n) is 9.32. The molecule has 0 radical (unpaired) electrons. The normalized spacial score (nSPS) is 10.2. The van der Waals surface area contributed by atoms with Gasteiger partial charge in [0.05, 0.1) is 0 Å². The molecule has 0 aliphatic carbocycles. The molecule has 0 aromatic heterocycles. The van der Waals surface area contributed by atoms with Crippen molar-refractivity contribution in [3.63, 3.8) is 0 Å². The van der Waals surface area contributed by atoms with Crippen LogP contribution in [0.3, 0.4) is 0 Å². The van der Waals surface area contributed by atoms with Crippen LogP contribution in [-0.4, -0.2) is 61.2 Å². The SMILES string of the molecule is CC(=O)N[N](C(C)=O)[Ti]([N](NC(C)=O)C(C)=O)([N](NC(C)=O)C(C)=O)[N](NC(C)=O)C(C)=O. The molecule has 33 heavy (non-hydrogen) atoms. The third-order valence-electron chi connectivity index (χ3n) is 3.54. The fourth-order valence-corrected chi connectivity index (χ4v) is 9.12. The van der Waals surface area contributed by atoms with Gasteiger partial charge in [0.25, 0.3) is 0 Å². The van der Waals surface area contributed by atoms with Crippen LogP contribution < -0.4 is 21.7 Å². The van der Waals surface area contributed by atoms with Crippen molar-refractivity contribution in [2.45, 2.75) is 55.4 Å². The van der Waals surface area contributed by atoms with E-state index in [2.05, 4.69) is 21.7 Å². The predicted octanol–water partition coefficient (Wildman–Crippen LogP) is -2.60. The Balaban J connectivity index is 7.97. The van der Waals surface area contributed by atoms with Crippen LogP contribution in [0.4, 0.5) is 0 Å². The monoisotopic (exact) mass is 508 g/mol. The molecule has 17 heteroatoms. The quantitative estimate of drug-likeness (QED) is 0.234. The summed E-state index contributed by atoms with van der Waals surface area (Å²) in [4.78, 5) is 99.1. The maximum absolute atomic E-state index is 12.8. The second-order valence-electron chi connectivity index (χ2n) is 6.69. The van der Waals surface area contributed by atoms with E-state index in [0.29, 0.717) is 14.0 Å². The van der Waals surface area contributed by atoms with Gasteiger partial charge in [-0.1, -0.05) is 0 Å². The number of nitrogens with one attached hydrogen (secondary N) is 4. The Hall–Kier alpha value is -3.53. The van der Waals surface area contributed by atoms with Crippen molar-refractivity contribution < 1.29 is 56.0 Å². The summed E-state index contributed by atoms with van der Waals surface area (Å²) in [6, 6.07) is 0. The van der Waals surface area contributed by atoms with E-state index in [1.165, 1.54) is 0 Å². The molecule has 16 nitrogen and oxygen atoms in total. The van der Waals surface area contributed by atoms with Crippen LogP contribution >= 0.6 is 0 Å². The molecular weight excluding hydrogens is 480 g/mol. The summed E-state index contributed by atoms with van der Waals surface area (Å²) in [7, 11) is 0. The summed E-state index contributed by atoms with van der Waals surface area (Å²) in [5.74, 6) is -7.50. The number of carbonyl (C=O) groups is 8. The van der Waals surface area contributed by atoms with Gasteiger partial charge in [0.2, 0.25) is 0 Å². The topological polar surface area (TPSA) is 198 Å². The third-order valence-corrected chi connectivity index (χ3v) is 9.95. The molecule has 0 unspecified atom stereocenters. The van der Waals surface area contributed by atoms with Gasteiger partial charge in [-0.25, -0.2) is 0 Å². The zero-order valence-electron chi connectivity index (χ0n) is 19.6. The molecule has 0 heterocycles. The predicted molar refractivity (Wildman–Crippen MR) is 105 cm³/mol. The minimum atomic E-state index is -5.98. The van der Waals surface area contributed by atoms with Crippen LogP contribution in [0, 0.1) is 0 Å². The molecule has 184 valence electrons. The Morgan fingerprint density at radius 3 is 0.636 bits per heavy atom. The Morgan fingerprint density at radius 2 is 0.545 bits per heavy atom. The van der Waals surface area contributed by atoms with Crippen molar-refractivity contribution >= 4 is 47.3 Å². The van der Waals surface area contributed by atoms with Gasteiger partial charge in [0, 0.05) is 0 Å². The second kappa shape index (κ2) is 11.9. The summed E-state index contributed by atoms with van der Waals surface area (Å²) in [5.41, 5.74) is 8.55. The number of carbonyl (C=O) groups excluding carboxylic acids is 8. The number of hydrogen-bond donors (Lipinski definition) is 4. The molecule has 0 bridgehead atoms. The second-order valence-corrected chi connectivity index (χ2v) is 11.4. The van der Waals surface area contributed by atoms with Gasteiger partial charge in [0.15, 0.2) is 0 Å². The Kier molecular flexibility index (Phi) is 10.6. The number of nitrogens with zero attached hydrogens (tertiary/aromatic N) is 4. The van der Waals surface area contributed by atoms with Crippen LogP contribution in [0.2, 0.25) is 0 Å². The molecule has 8 amide bonds. The molecule has 0 aromatic rings. The Labute approximate surface area is 194 Å². The number of hydrazine groups is 4. The summed E-state index contributed by atoms with van der Waals surface area (Å²) >= 11 is -5.98. The van der Waals surface area contributed by atoms with E-state index in [-0.39, 0.29) is 0 Å². The van der Waals surface area contributed by atoms with Gasteiger partial charge in [0.1, 0.15) is 0 Å². The molecule has 0 saturated heterocycles. The summed E-state index contributed by atoms with van der Waals surface area (Å²) < 4.78 is 1.98. The summed E-state index contributed by atoms with van der Waals surface area (Å²) in [6.45, 7) is 7.69. The van der Waals surface area contributed by atoms with Crippen LogP contribution in [-0.2, 0) is 56.0 Å². The van der Waals surface area contributed by atoms with Gasteiger partial charge < -0.3 is 0 Å². The molecule has 4 N–H and O–H groups in total.